The normalized spacial score (nSPS) is 19.6. The number of rotatable bonds is 4. The lowest BCUT2D eigenvalue weighted by Gasteiger charge is -2.34. The molecule has 2 aromatic rings. The summed E-state index contributed by atoms with van der Waals surface area (Å²) in [5.41, 5.74) is 2.00. The molecule has 0 saturated carbocycles. The number of aryl methyl sites for hydroxylation is 3. The Balaban J connectivity index is 1.65. The minimum absolute atomic E-state index is 0.189. The second-order valence-electron chi connectivity index (χ2n) is 6.35. The lowest BCUT2D eigenvalue weighted by molar-refractivity contribution is 0.0221. The first-order valence-corrected chi connectivity index (χ1v) is 8.40. The van der Waals surface area contributed by atoms with Gasteiger partial charge in [0.15, 0.2) is 0 Å². The van der Waals surface area contributed by atoms with Crippen molar-refractivity contribution >= 4 is 11.8 Å². The standard InChI is InChI=1S/C18H24N4O2/c1-3-14-11-16(22(2)21-14)20-17(23)19-12-18(24)10-6-8-13-7-4-5-9-15(13)18/h4-5,7,9,11,24H,3,6,8,10,12H2,1-2H3,(H2,19,20,23). The highest BCUT2D eigenvalue weighted by atomic mass is 16.3. The molecule has 0 radical (unpaired) electrons. The highest BCUT2D eigenvalue weighted by molar-refractivity contribution is 5.88. The molecule has 0 aliphatic heterocycles. The summed E-state index contributed by atoms with van der Waals surface area (Å²) in [4.78, 5) is 12.2. The maximum Gasteiger partial charge on any atom is 0.320 e. The quantitative estimate of drug-likeness (QED) is 0.806. The summed E-state index contributed by atoms with van der Waals surface area (Å²) in [6, 6.07) is 9.42. The Bertz CT molecular complexity index is 740. The molecule has 24 heavy (non-hydrogen) atoms. The van der Waals surface area contributed by atoms with E-state index in [1.807, 2.05) is 37.3 Å². The first-order valence-electron chi connectivity index (χ1n) is 8.40. The third kappa shape index (κ3) is 3.28. The van der Waals surface area contributed by atoms with Crippen LogP contribution >= 0.6 is 0 Å². The number of anilines is 1. The molecule has 0 bridgehead atoms. The fourth-order valence-electron chi connectivity index (χ4n) is 3.29. The van der Waals surface area contributed by atoms with E-state index in [2.05, 4.69) is 15.7 Å². The third-order valence-electron chi connectivity index (χ3n) is 4.63. The molecule has 128 valence electrons. The zero-order chi connectivity index (χ0) is 17.2. The lowest BCUT2D eigenvalue weighted by Crippen LogP contribution is -2.44. The van der Waals surface area contributed by atoms with Crippen LogP contribution in [-0.2, 0) is 25.5 Å². The van der Waals surface area contributed by atoms with E-state index in [0.717, 1.165) is 36.1 Å². The van der Waals surface area contributed by atoms with E-state index in [4.69, 9.17) is 0 Å². The molecule has 1 aliphatic rings. The van der Waals surface area contributed by atoms with Crippen molar-refractivity contribution in [2.75, 3.05) is 11.9 Å². The second kappa shape index (κ2) is 6.65. The molecular formula is C18H24N4O2. The van der Waals surface area contributed by atoms with Crippen molar-refractivity contribution < 1.29 is 9.90 Å². The summed E-state index contributed by atoms with van der Waals surface area (Å²) < 4.78 is 1.64. The average Bonchev–Trinajstić information content (AvgIpc) is 2.94. The molecule has 3 N–H and O–H groups in total. The van der Waals surface area contributed by atoms with Crippen LogP contribution in [-0.4, -0.2) is 27.5 Å². The van der Waals surface area contributed by atoms with Gasteiger partial charge in [0.25, 0.3) is 0 Å². The SMILES string of the molecule is CCc1cc(NC(=O)NCC2(O)CCCc3ccccc32)n(C)n1. The molecule has 0 fully saturated rings. The topological polar surface area (TPSA) is 79.2 Å². The number of nitrogens with zero attached hydrogens (tertiary/aromatic N) is 2. The Kier molecular flexibility index (Phi) is 4.57. The van der Waals surface area contributed by atoms with Gasteiger partial charge in [0.05, 0.1) is 12.2 Å². The van der Waals surface area contributed by atoms with E-state index in [0.29, 0.717) is 12.2 Å². The van der Waals surface area contributed by atoms with Crippen LogP contribution in [0.4, 0.5) is 10.6 Å². The van der Waals surface area contributed by atoms with Gasteiger partial charge in [-0.1, -0.05) is 31.2 Å². The van der Waals surface area contributed by atoms with Crippen LogP contribution in [0, 0.1) is 0 Å². The lowest BCUT2D eigenvalue weighted by atomic mass is 9.79. The number of benzene rings is 1. The van der Waals surface area contributed by atoms with Crippen molar-refractivity contribution in [1.29, 1.82) is 0 Å². The van der Waals surface area contributed by atoms with Crippen LogP contribution in [0.1, 0.15) is 36.6 Å². The number of nitrogens with one attached hydrogen (secondary N) is 2. The van der Waals surface area contributed by atoms with E-state index >= 15 is 0 Å². The number of aromatic nitrogens is 2. The van der Waals surface area contributed by atoms with Gasteiger partial charge < -0.3 is 10.4 Å². The van der Waals surface area contributed by atoms with E-state index in [1.165, 1.54) is 0 Å². The predicted molar refractivity (Wildman–Crippen MR) is 92.9 cm³/mol. The first kappa shape index (κ1) is 16.5. The second-order valence-corrected chi connectivity index (χ2v) is 6.35. The van der Waals surface area contributed by atoms with Crippen LogP contribution in [0.15, 0.2) is 30.3 Å². The van der Waals surface area contributed by atoms with Crippen LogP contribution in [0.2, 0.25) is 0 Å². The van der Waals surface area contributed by atoms with E-state index in [9.17, 15) is 9.90 Å². The van der Waals surface area contributed by atoms with Gasteiger partial charge in [-0.15, -0.1) is 0 Å². The number of hydrogen-bond donors (Lipinski definition) is 3. The van der Waals surface area contributed by atoms with Crippen molar-refractivity contribution in [1.82, 2.24) is 15.1 Å². The molecular weight excluding hydrogens is 304 g/mol. The Hall–Kier alpha value is -2.34. The summed E-state index contributed by atoms with van der Waals surface area (Å²) in [6.45, 7) is 2.20. The number of fused-ring (bicyclic) bond motifs is 1. The van der Waals surface area contributed by atoms with Crippen molar-refractivity contribution in [3.63, 3.8) is 0 Å². The van der Waals surface area contributed by atoms with Crippen molar-refractivity contribution in [2.45, 2.75) is 38.2 Å². The first-order chi connectivity index (χ1) is 11.5. The molecule has 0 spiro atoms. The minimum atomic E-state index is -1.01. The Labute approximate surface area is 141 Å². The van der Waals surface area contributed by atoms with E-state index in [-0.39, 0.29) is 12.6 Å². The van der Waals surface area contributed by atoms with Gasteiger partial charge in [-0.2, -0.15) is 5.10 Å². The molecule has 3 rings (SSSR count). The van der Waals surface area contributed by atoms with Crippen molar-refractivity contribution in [2.24, 2.45) is 7.05 Å². The van der Waals surface area contributed by atoms with Crippen LogP contribution in [0.3, 0.4) is 0 Å². The third-order valence-corrected chi connectivity index (χ3v) is 4.63. The van der Waals surface area contributed by atoms with Crippen molar-refractivity contribution in [3.8, 4) is 0 Å². The van der Waals surface area contributed by atoms with Crippen LogP contribution < -0.4 is 10.6 Å². The van der Waals surface area contributed by atoms with Gasteiger partial charge in [0, 0.05) is 13.1 Å². The largest absolute Gasteiger partial charge is 0.383 e. The fraction of sp³-hybridized carbons (Fsp3) is 0.444. The molecule has 6 nitrogen and oxygen atoms in total. The summed E-state index contributed by atoms with van der Waals surface area (Å²) in [7, 11) is 1.79. The number of hydrogen-bond acceptors (Lipinski definition) is 3. The number of urea groups is 1. The number of aliphatic hydroxyl groups is 1. The van der Waals surface area contributed by atoms with Gasteiger partial charge in [-0.3, -0.25) is 10.00 Å². The zero-order valence-corrected chi connectivity index (χ0v) is 14.2. The van der Waals surface area contributed by atoms with Gasteiger partial charge in [-0.25, -0.2) is 4.79 Å². The molecule has 1 aromatic carbocycles. The molecule has 1 aliphatic carbocycles. The number of carbonyl (C=O) groups excluding carboxylic acids is 1. The number of carbonyl (C=O) groups is 1. The molecule has 0 saturated heterocycles. The Morgan fingerprint density at radius 2 is 2.21 bits per heavy atom. The molecule has 1 unspecified atom stereocenters. The summed E-state index contributed by atoms with van der Waals surface area (Å²) in [5, 5.41) is 20.9. The highest BCUT2D eigenvalue weighted by Gasteiger charge is 2.34. The monoisotopic (exact) mass is 328 g/mol. The van der Waals surface area contributed by atoms with E-state index < -0.39 is 5.60 Å². The molecule has 1 aromatic heterocycles. The molecule has 1 atom stereocenters. The van der Waals surface area contributed by atoms with Gasteiger partial charge in [0.1, 0.15) is 11.4 Å². The fourth-order valence-corrected chi connectivity index (χ4v) is 3.29. The smallest absolute Gasteiger partial charge is 0.320 e. The Morgan fingerprint density at radius 3 is 2.96 bits per heavy atom. The summed E-state index contributed by atoms with van der Waals surface area (Å²) in [5.74, 6) is 0.639. The molecule has 2 amide bonds. The Morgan fingerprint density at radius 1 is 1.42 bits per heavy atom. The van der Waals surface area contributed by atoms with Gasteiger partial charge in [0.2, 0.25) is 0 Å². The van der Waals surface area contributed by atoms with Gasteiger partial charge in [-0.05, 0) is 36.8 Å². The highest BCUT2D eigenvalue weighted by Crippen LogP contribution is 2.34. The van der Waals surface area contributed by atoms with Crippen LogP contribution in [0.25, 0.3) is 0 Å². The average molecular weight is 328 g/mol. The minimum Gasteiger partial charge on any atom is -0.383 e. The predicted octanol–water partition coefficient (Wildman–Crippen LogP) is 2.33. The van der Waals surface area contributed by atoms with Crippen LogP contribution in [0.5, 0.6) is 0 Å². The molecule has 1 heterocycles. The zero-order valence-electron chi connectivity index (χ0n) is 14.2. The summed E-state index contributed by atoms with van der Waals surface area (Å²) in [6.07, 6.45) is 3.35. The summed E-state index contributed by atoms with van der Waals surface area (Å²) >= 11 is 0. The van der Waals surface area contributed by atoms with Crippen molar-refractivity contribution in [3.05, 3.63) is 47.2 Å². The number of amides is 2. The molecule has 6 heteroatoms. The van der Waals surface area contributed by atoms with E-state index in [1.54, 1.807) is 11.7 Å². The maximum absolute atomic E-state index is 12.2. The van der Waals surface area contributed by atoms with Gasteiger partial charge >= 0.3 is 6.03 Å². The maximum atomic E-state index is 12.2.